The Morgan fingerprint density at radius 1 is 1.15 bits per heavy atom. The maximum absolute atomic E-state index is 12.6. The minimum absolute atomic E-state index is 0.177. The molecule has 2 rings (SSSR count). The molecule has 0 radical (unpaired) electrons. The molecule has 0 aliphatic carbocycles. The van der Waals surface area contributed by atoms with Gasteiger partial charge in [-0.15, -0.1) is 0 Å². The number of nitrogens with one attached hydrogen (secondary N) is 1. The van der Waals surface area contributed by atoms with Crippen molar-refractivity contribution in [3.05, 3.63) is 35.9 Å². The number of carbonyl (C=O) groups is 1. The van der Waals surface area contributed by atoms with E-state index in [1.54, 1.807) is 18.2 Å². The average molecular weight is 405 g/mol. The highest BCUT2D eigenvalue weighted by molar-refractivity contribution is 7.88. The van der Waals surface area contributed by atoms with Gasteiger partial charge in [-0.3, -0.25) is 4.79 Å². The largest absolute Gasteiger partial charge is 0.534 e. The number of halogens is 3. The van der Waals surface area contributed by atoms with Crippen molar-refractivity contribution in [2.45, 2.75) is 24.8 Å². The number of fused-ring (bicyclic) bond motifs is 1. The van der Waals surface area contributed by atoms with Crippen molar-refractivity contribution in [2.24, 2.45) is 0 Å². The summed E-state index contributed by atoms with van der Waals surface area (Å²) in [5.41, 5.74) is -4.98. The molecule has 1 N–H and O–H groups in total. The molecule has 27 heavy (non-hydrogen) atoms. The van der Waals surface area contributed by atoms with Gasteiger partial charge in [0.15, 0.2) is 0 Å². The number of methoxy groups -OCH3 is 1. The Balaban J connectivity index is 2.44. The molecule has 0 aliphatic rings. The first-order valence-corrected chi connectivity index (χ1v) is 9.30. The Bertz CT molecular complexity index is 941. The van der Waals surface area contributed by atoms with Crippen molar-refractivity contribution in [3.63, 3.8) is 0 Å². The molecule has 0 aliphatic heterocycles. The van der Waals surface area contributed by atoms with E-state index in [-0.39, 0.29) is 12.3 Å². The van der Waals surface area contributed by atoms with Crippen molar-refractivity contribution >= 4 is 26.8 Å². The predicted molar refractivity (Wildman–Crippen MR) is 93.1 cm³/mol. The lowest BCUT2D eigenvalue weighted by atomic mass is 9.99. The van der Waals surface area contributed by atoms with Crippen LogP contribution >= 0.6 is 0 Å². The molecule has 0 spiro atoms. The van der Waals surface area contributed by atoms with Crippen LogP contribution in [0.4, 0.5) is 13.2 Å². The summed E-state index contributed by atoms with van der Waals surface area (Å²) in [6.45, 7) is 0. The first-order chi connectivity index (χ1) is 12.6. The third kappa shape index (κ3) is 5.03. The van der Waals surface area contributed by atoms with E-state index in [4.69, 9.17) is 4.74 Å². The molecule has 6 nitrogen and oxygen atoms in total. The number of hydrogen-bond acceptors (Lipinski definition) is 5. The lowest BCUT2D eigenvalue weighted by Crippen LogP contribution is -2.28. The normalized spacial score (nSPS) is 12.0. The Labute approximate surface area is 154 Å². The monoisotopic (exact) mass is 405 g/mol. The van der Waals surface area contributed by atoms with E-state index in [1.807, 2.05) is 0 Å². The van der Waals surface area contributed by atoms with Crippen LogP contribution in [0.2, 0.25) is 0 Å². The summed E-state index contributed by atoms with van der Waals surface area (Å²) in [5, 5.41) is 3.63. The second-order valence-electron chi connectivity index (χ2n) is 5.68. The van der Waals surface area contributed by atoms with Crippen molar-refractivity contribution in [3.8, 4) is 11.5 Å². The molecule has 0 unspecified atom stereocenters. The van der Waals surface area contributed by atoms with E-state index < -0.39 is 21.4 Å². The molecule has 0 aromatic heterocycles. The summed E-state index contributed by atoms with van der Waals surface area (Å²) in [6.07, 6.45) is 0.968. The van der Waals surface area contributed by atoms with Gasteiger partial charge in [0, 0.05) is 13.5 Å². The molecule has 2 aromatic rings. The number of rotatable bonds is 7. The van der Waals surface area contributed by atoms with E-state index in [1.165, 1.54) is 26.3 Å². The Morgan fingerprint density at radius 2 is 1.85 bits per heavy atom. The first kappa shape index (κ1) is 20.8. The zero-order valence-corrected chi connectivity index (χ0v) is 15.4. The van der Waals surface area contributed by atoms with Gasteiger partial charge in [-0.1, -0.05) is 6.07 Å². The lowest BCUT2D eigenvalue weighted by molar-refractivity contribution is -0.120. The van der Waals surface area contributed by atoms with Gasteiger partial charge in [0.2, 0.25) is 5.91 Å². The third-order valence-corrected chi connectivity index (χ3v) is 4.82. The number of aryl methyl sites for hydroxylation is 1. The minimum atomic E-state index is -5.78. The highest BCUT2D eigenvalue weighted by Gasteiger charge is 2.48. The fourth-order valence-corrected chi connectivity index (χ4v) is 2.95. The number of hydrogen-bond donors (Lipinski definition) is 1. The number of carbonyl (C=O) groups excluding carboxylic acids is 1. The van der Waals surface area contributed by atoms with E-state index in [9.17, 15) is 26.4 Å². The molecule has 0 atom stereocenters. The van der Waals surface area contributed by atoms with Crippen LogP contribution in [-0.2, 0) is 21.3 Å². The van der Waals surface area contributed by atoms with Crippen LogP contribution in [0.3, 0.4) is 0 Å². The van der Waals surface area contributed by atoms with Crippen molar-refractivity contribution in [1.29, 1.82) is 0 Å². The van der Waals surface area contributed by atoms with E-state index in [0.717, 1.165) is 0 Å². The molecule has 0 saturated heterocycles. The maximum atomic E-state index is 12.6. The first-order valence-electron chi connectivity index (χ1n) is 7.89. The van der Waals surface area contributed by atoms with Crippen LogP contribution in [0.25, 0.3) is 10.8 Å². The highest BCUT2D eigenvalue weighted by atomic mass is 32.2. The fourth-order valence-electron chi connectivity index (χ4n) is 2.50. The number of benzene rings is 2. The van der Waals surface area contributed by atoms with Crippen LogP contribution in [-0.4, -0.2) is 34.0 Å². The maximum Gasteiger partial charge on any atom is 0.534 e. The van der Waals surface area contributed by atoms with Crippen LogP contribution < -0.4 is 14.2 Å². The topological polar surface area (TPSA) is 81.7 Å². The van der Waals surface area contributed by atoms with E-state index in [2.05, 4.69) is 9.50 Å². The van der Waals surface area contributed by atoms with Gasteiger partial charge in [0.1, 0.15) is 11.5 Å². The molecule has 2 aromatic carbocycles. The van der Waals surface area contributed by atoms with Gasteiger partial charge in [0.05, 0.1) is 7.11 Å². The van der Waals surface area contributed by atoms with Gasteiger partial charge in [-0.25, -0.2) is 0 Å². The average Bonchev–Trinajstić information content (AvgIpc) is 2.59. The molecule has 0 saturated carbocycles. The molecule has 0 fully saturated rings. The summed E-state index contributed by atoms with van der Waals surface area (Å²) in [7, 11) is -2.80. The standard InChI is InChI=1S/C17H18F3NO5S/c1-21-16(22)5-3-4-11-8-14(26-27(23,24)17(18,19)20)9-12-6-7-13(25-2)10-15(11)12/h6-10H,3-5H2,1-2H3,(H,21,22). The SMILES string of the molecule is CNC(=O)CCCc1cc(OS(=O)(=O)C(F)(F)F)cc2ccc(OC)cc12. The summed E-state index contributed by atoms with van der Waals surface area (Å²) >= 11 is 0. The number of ether oxygens (including phenoxy) is 1. The molecular weight excluding hydrogens is 387 g/mol. The van der Waals surface area contributed by atoms with Crippen molar-refractivity contribution in [1.82, 2.24) is 5.32 Å². The summed E-state index contributed by atoms with van der Waals surface area (Å²) in [5.74, 6) is -0.0875. The number of amides is 1. The predicted octanol–water partition coefficient (Wildman–Crippen LogP) is 3.15. The zero-order valence-electron chi connectivity index (χ0n) is 14.6. The Morgan fingerprint density at radius 3 is 2.44 bits per heavy atom. The van der Waals surface area contributed by atoms with Crippen LogP contribution in [0.15, 0.2) is 30.3 Å². The van der Waals surface area contributed by atoms with Crippen LogP contribution in [0.1, 0.15) is 18.4 Å². The third-order valence-electron chi connectivity index (χ3n) is 3.84. The van der Waals surface area contributed by atoms with Crippen LogP contribution in [0.5, 0.6) is 11.5 Å². The van der Waals surface area contributed by atoms with E-state index in [0.29, 0.717) is 34.9 Å². The minimum Gasteiger partial charge on any atom is -0.497 e. The molecule has 148 valence electrons. The molecule has 0 bridgehead atoms. The Kier molecular flexibility index (Phi) is 6.19. The van der Waals surface area contributed by atoms with Crippen molar-refractivity contribution < 1.29 is 35.3 Å². The second kappa shape index (κ2) is 8.03. The molecule has 10 heteroatoms. The quantitative estimate of drug-likeness (QED) is 0.565. The van der Waals surface area contributed by atoms with Gasteiger partial charge >= 0.3 is 15.6 Å². The Hall–Kier alpha value is -2.49. The van der Waals surface area contributed by atoms with Crippen molar-refractivity contribution in [2.75, 3.05) is 14.2 Å². The molecule has 1 amide bonds. The lowest BCUT2D eigenvalue weighted by Gasteiger charge is -2.13. The zero-order chi connectivity index (χ0) is 20.2. The van der Waals surface area contributed by atoms with E-state index >= 15 is 0 Å². The smallest absolute Gasteiger partial charge is 0.497 e. The van der Waals surface area contributed by atoms with Gasteiger partial charge < -0.3 is 14.2 Å². The fraction of sp³-hybridized carbons (Fsp3) is 0.353. The van der Waals surface area contributed by atoms with Gasteiger partial charge in [-0.05, 0) is 53.4 Å². The summed E-state index contributed by atoms with van der Waals surface area (Å²) < 4.78 is 69.8. The van der Waals surface area contributed by atoms with Crippen LogP contribution in [0, 0.1) is 0 Å². The second-order valence-corrected chi connectivity index (χ2v) is 7.22. The van der Waals surface area contributed by atoms with Gasteiger partial charge in [-0.2, -0.15) is 21.6 Å². The van der Waals surface area contributed by atoms with Gasteiger partial charge in [0.25, 0.3) is 0 Å². The summed E-state index contributed by atoms with van der Waals surface area (Å²) in [6, 6.07) is 7.31. The molecule has 0 heterocycles. The highest BCUT2D eigenvalue weighted by Crippen LogP contribution is 2.33. The number of alkyl halides is 3. The summed E-state index contributed by atoms with van der Waals surface area (Å²) in [4.78, 5) is 11.4. The molecular formula is C17H18F3NO5S.